The first kappa shape index (κ1) is 29.8. The Labute approximate surface area is 267 Å². The summed E-state index contributed by atoms with van der Waals surface area (Å²) in [5, 5.41) is 1.07. The molecule has 9 heteroatoms. The molecule has 0 amide bonds. The van der Waals surface area contributed by atoms with Crippen LogP contribution in [0.3, 0.4) is 0 Å². The van der Waals surface area contributed by atoms with Crippen LogP contribution in [0.2, 0.25) is 0 Å². The highest BCUT2D eigenvalue weighted by Crippen LogP contribution is 2.32. The number of benzene rings is 3. The Balaban J connectivity index is 1.52. The molecule has 7 nitrogen and oxygen atoms in total. The minimum absolute atomic E-state index is 0.203. The zero-order valence-corrected chi connectivity index (χ0v) is 27.4. The second-order valence-corrected chi connectivity index (χ2v) is 12.5. The number of rotatable bonds is 8. The summed E-state index contributed by atoms with van der Waals surface area (Å²) >= 11 is 4.86. The van der Waals surface area contributed by atoms with Gasteiger partial charge in [0.05, 0.1) is 35.1 Å². The van der Waals surface area contributed by atoms with E-state index in [0.29, 0.717) is 33.8 Å². The molecule has 0 saturated heterocycles. The molecule has 1 aliphatic rings. The molecule has 0 bridgehead atoms. The predicted octanol–water partition coefficient (Wildman–Crippen LogP) is 6.27. The monoisotopic (exact) mass is 669 g/mol. The number of halogens is 1. The van der Waals surface area contributed by atoms with Crippen LogP contribution in [0, 0.1) is 6.92 Å². The molecular formula is C35H32BrN3O4S. The average Bonchev–Trinajstić information content (AvgIpc) is 3.46. The SMILES string of the molecule is CCOC(=O)C1=C(C)N=c2sc(=Cc3c(C)n(Cc4ccc(Br)cc4)c4ccccc34)c(=O)n2C1c1ccc(OCC)cc1. The van der Waals surface area contributed by atoms with Gasteiger partial charge in [0.15, 0.2) is 4.80 Å². The van der Waals surface area contributed by atoms with E-state index in [1.807, 2.05) is 61.5 Å². The van der Waals surface area contributed by atoms with Gasteiger partial charge in [-0.05, 0) is 75.2 Å². The summed E-state index contributed by atoms with van der Waals surface area (Å²) in [6.07, 6.45) is 1.97. The Morgan fingerprint density at radius 2 is 1.73 bits per heavy atom. The van der Waals surface area contributed by atoms with Gasteiger partial charge in [-0.3, -0.25) is 9.36 Å². The molecule has 0 aliphatic carbocycles. The van der Waals surface area contributed by atoms with Crippen LogP contribution in [0.15, 0.2) is 98.3 Å². The number of aromatic nitrogens is 2. The van der Waals surface area contributed by atoms with E-state index in [2.05, 4.69) is 51.7 Å². The van der Waals surface area contributed by atoms with Crippen LogP contribution in [0.4, 0.5) is 0 Å². The van der Waals surface area contributed by atoms with Crippen molar-refractivity contribution in [1.29, 1.82) is 0 Å². The third-order valence-corrected chi connectivity index (χ3v) is 9.34. The summed E-state index contributed by atoms with van der Waals surface area (Å²) in [5.41, 5.74) is 5.80. The molecule has 44 heavy (non-hydrogen) atoms. The van der Waals surface area contributed by atoms with E-state index in [0.717, 1.165) is 37.9 Å². The van der Waals surface area contributed by atoms with Gasteiger partial charge in [-0.2, -0.15) is 0 Å². The molecule has 1 unspecified atom stereocenters. The van der Waals surface area contributed by atoms with Gasteiger partial charge in [0.2, 0.25) is 0 Å². The van der Waals surface area contributed by atoms with E-state index in [4.69, 9.17) is 14.5 Å². The summed E-state index contributed by atoms with van der Waals surface area (Å²) in [6, 6.07) is 23.4. The number of para-hydroxylation sites is 1. The largest absolute Gasteiger partial charge is 0.494 e. The Morgan fingerprint density at radius 1 is 1.00 bits per heavy atom. The Hall–Kier alpha value is -4.21. The highest BCUT2D eigenvalue weighted by atomic mass is 79.9. The van der Waals surface area contributed by atoms with Crippen molar-refractivity contribution in [3.8, 4) is 5.75 Å². The smallest absolute Gasteiger partial charge is 0.338 e. The van der Waals surface area contributed by atoms with Crippen molar-refractivity contribution in [3.63, 3.8) is 0 Å². The molecule has 5 aromatic rings. The van der Waals surface area contributed by atoms with Gasteiger partial charge in [-0.25, -0.2) is 9.79 Å². The number of fused-ring (bicyclic) bond motifs is 2. The molecular weight excluding hydrogens is 638 g/mol. The van der Waals surface area contributed by atoms with Gasteiger partial charge in [-0.1, -0.05) is 69.7 Å². The summed E-state index contributed by atoms with van der Waals surface area (Å²) in [4.78, 5) is 32.8. The second kappa shape index (κ2) is 12.4. The molecule has 1 atom stereocenters. The lowest BCUT2D eigenvalue weighted by atomic mass is 9.96. The lowest BCUT2D eigenvalue weighted by Crippen LogP contribution is -2.39. The van der Waals surface area contributed by atoms with Gasteiger partial charge in [0.1, 0.15) is 5.75 Å². The summed E-state index contributed by atoms with van der Waals surface area (Å²) in [5.74, 6) is 0.241. The number of thiazole rings is 1. The molecule has 0 radical (unpaired) electrons. The van der Waals surface area contributed by atoms with E-state index < -0.39 is 12.0 Å². The van der Waals surface area contributed by atoms with Crippen LogP contribution in [-0.4, -0.2) is 28.3 Å². The van der Waals surface area contributed by atoms with Crippen LogP contribution in [-0.2, 0) is 16.1 Å². The molecule has 6 rings (SSSR count). The zero-order valence-electron chi connectivity index (χ0n) is 25.0. The first-order chi connectivity index (χ1) is 21.3. The topological polar surface area (TPSA) is 74.8 Å². The first-order valence-corrected chi connectivity index (χ1v) is 16.2. The Bertz CT molecular complexity index is 2090. The minimum Gasteiger partial charge on any atom is -0.494 e. The fourth-order valence-electron chi connectivity index (χ4n) is 5.77. The molecule has 0 saturated carbocycles. The zero-order chi connectivity index (χ0) is 31.0. The van der Waals surface area contributed by atoms with Crippen LogP contribution >= 0.6 is 27.3 Å². The number of hydrogen-bond donors (Lipinski definition) is 0. The lowest BCUT2D eigenvalue weighted by molar-refractivity contribution is -0.139. The van der Waals surface area contributed by atoms with Gasteiger partial charge in [0, 0.05) is 33.2 Å². The number of ether oxygens (including phenoxy) is 2. The summed E-state index contributed by atoms with van der Waals surface area (Å²) in [7, 11) is 0. The van der Waals surface area contributed by atoms with Gasteiger partial charge in [0.25, 0.3) is 5.56 Å². The van der Waals surface area contributed by atoms with Crippen LogP contribution in [0.5, 0.6) is 5.75 Å². The third kappa shape index (κ3) is 5.46. The van der Waals surface area contributed by atoms with E-state index in [-0.39, 0.29) is 12.2 Å². The number of carbonyl (C=O) groups excluding carboxylic acids is 1. The number of nitrogens with zero attached hydrogens (tertiary/aromatic N) is 3. The maximum Gasteiger partial charge on any atom is 0.338 e. The molecule has 3 heterocycles. The van der Waals surface area contributed by atoms with E-state index in [1.54, 1.807) is 18.4 Å². The molecule has 0 fully saturated rings. The molecule has 2 aromatic heterocycles. The molecule has 3 aromatic carbocycles. The number of carbonyl (C=O) groups is 1. The quantitative estimate of drug-likeness (QED) is 0.183. The Morgan fingerprint density at radius 3 is 2.43 bits per heavy atom. The summed E-state index contributed by atoms with van der Waals surface area (Å²) in [6.45, 7) is 9.05. The van der Waals surface area contributed by atoms with Gasteiger partial charge in [-0.15, -0.1) is 0 Å². The van der Waals surface area contributed by atoms with Crippen LogP contribution in [0.25, 0.3) is 17.0 Å². The number of allylic oxidation sites excluding steroid dienone is 1. The molecule has 224 valence electrons. The fraction of sp³-hybridized carbons (Fsp3) is 0.229. The van der Waals surface area contributed by atoms with Crippen molar-refractivity contribution in [1.82, 2.24) is 9.13 Å². The average molecular weight is 671 g/mol. The highest BCUT2D eigenvalue weighted by Gasteiger charge is 2.33. The number of esters is 1. The van der Waals surface area contributed by atoms with Gasteiger partial charge < -0.3 is 14.0 Å². The second-order valence-electron chi connectivity index (χ2n) is 10.5. The minimum atomic E-state index is -0.678. The van der Waals surface area contributed by atoms with E-state index in [1.165, 1.54) is 16.9 Å². The van der Waals surface area contributed by atoms with Crippen molar-refractivity contribution < 1.29 is 14.3 Å². The molecule has 0 spiro atoms. The fourth-order valence-corrected chi connectivity index (χ4v) is 7.06. The van der Waals surface area contributed by atoms with Gasteiger partial charge >= 0.3 is 5.97 Å². The van der Waals surface area contributed by atoms with E-state index in [9.17, 15) is 9.59 Å². The highest BCUT2D eigenvalue weighted by molar-refractivity contribution is 9.10. The maximum absolute atomic E-state index is 14.3. The molecule has 0 N–H and O–H groups in total. The van der Waals surface area contributed by atoms with Crippen molar-refractivity contribution in [2.75, 3.05) is 13.2 Å². The standard InChI is InChI=1S/C35H32BrN3O4S/c1-5-42-26-17-13-24(14-18-26)32-31(34(41)43-6-2)21(3)37-35-39(32)33(40)30(44-35)19-28-22(4)38(29-10-8-7-9-27(28)29)20-23-11-15-25(36)16-12-23/h7-19,32H,5-6,20H2,1-4H3. The van der Waals surface area contributed by atoms with Crippen molar-refractivity contribution in [2.24, 2.45) is 4.99 Å². The number of hydrogen-bond acceptors (Lipinski definition) is 6. The molecule has 1 aliphatic heterocycles. The predicted molar refractivity (Wildman–Crippen MR) is 178 cm³/mol. The van der Waals surface area contributed by atoms with Crippen LogP contribution < -0.4 is 19.6 Å². The Kier molecular flexibility index (Phi) is 8.42. The van der Waals surface area contributed by atoms with Crippen molar-refractivity contribution in [3.05, 3.63) is 131 Å². The van der Waals surface area contributed by atoms with Crippen LogP contribution in [0.1, 0.15) is 49.2 Å². The summed E-state index contributed by atoms with van der Waals surface area (Å²) < 4.78 is 16.6. The first-order valence-electron chi connectivity index (χ1n) is 14.5. The van der Waals surface area contributed by atoms with Crippen molar-refractivity contribution >= 4 is 50.2 Å². The maximum atomic E-state index is 14.3. The third-order valence-electron chi connectivity index (χ3n) is 7.83. The van der Waals surface area contributed by atoms with Crippen molar-refractivity contribution in [2.45, 2.75) is 40.3 Å². The normalized spacial score (nSPS) is 14.9. The lowest BCUT2D eigenvalue weighted by Gasteiger charge is -2.24. The van der Waals surface area contributed by atoms with E-state index >= 15 is 0 Å².